The van der Waals surface area contributed by atoms with Crippen LogP contribution in [0.4, 0.5) is 0 Å². The molecule has 1 aromatic rings. The molecule has 3 rings (SSSR count). The summed E-state index contributed by atoms with van der Waals surface area (Å²) in [5.74, 6) is 0.324. The highest BCUT2D eigenvalue weighted by Gasteiger charge is 2.37. The predicted molar refractivity (Wildman–Crippen MR) is 79.5 cm³/mol. The van der Waals surface area contributed by atoms with Crippen molar-refractivity contribution in [1.82, 2.24) is 4.90 Å². The van der Waals surface area contributed by atoms with Crippen molar-refractivity contribution >= 4 is 0 Å². The maximum Gasteiger partial charge on any atom is 0.0991 e. The summed E-state index contributed by atoms with van der Waals surface area (Å²) in [4.78, 5) is 2.42. The van der Waals surface area contributed by atoms with E-state index < -0.39 is 0 Å². The van der Waals surface area contributed by atoms with E-state index >= 15 is 0 Å². The Hall–Kier alpha value is -1.41. The lowest BCUT2D eigenvalue weighted by Crippen LogP contribution is -2.50. The van der Waals surface area contributed by atoms with E-state index in [0.717, 1.165) is 44.5 Å². The van der Waals surface area contributed by atoms with Gasteiger partial charge in [-0.05, 0) is 30.5 Å². The van der Waals surface area contributed by atoms with Gasteiger partial charge in [0, 0.05) is 25.0 Å². The molecule has 2 fully saturated rings. The molecular weight excluding hydrogens is 264 g/mol. The van der Waals surface area contributed by atoms with Gasteiger partial charge in [0.25, 0.3) is 0 Å². The Labute approximate surface area is 125 Å². The zero-order chi connectivity index (χ0) is 14.7. The lowest BCUT2D eigenvalue weighted by atomic mass is 9.94. The van der Waals surface area contributed by atoms with Crippen molar-refractivity contribution in [3.63, 3.8) is 0 Å². The summed E-state index contributed by atoms with van der Waals surface area (Å²) in [6, 6.07) is 10.3. The molecule has 1 N–H and O–H groups in total. The summed E-state index contributed by atoms with van der Waals surface area (Å²) in [5.41, 5.74) is 1.87. The van der Waals surface area contributed by atoms with Gasteiger partial charge < -0.3 is 9.84 Å². The van der Waals surface area contributed by atoms with Crippen LogP contribution < -0.4 is 0 Å². The van der Waals surface area contributed by atoms with Crippen molar-refractivity contribution in [2.45, 2.75) is 38.0 Å². The van der Waals surface area contributed by atoms with Crippen molar-refractivity contribution in [3.8, 4) is 6.07 Å². The van der Waals surface area contributed by atoms with Crippen LogP contribution in [0, 0.1) is 17.2 Å². The Morgan fingerprint density at radius 2 is 2.29 bits per heavy atom. The third kappa shape index (κ3) is 3.26. The third-order valence-electron chi connectivity index (χ3n) is 4.75. The number of aliphatic hydroxyl groups is 1. The molecule has 0 bridgehead atoms. The Morgan fingerprint density at radius 1 is 1.38 bits per heavy atom. The van der Waals surface area contributed by atoms with E-state index in [1.165, 1.54) is 0 Å². The van der Waals surface area contributed by atoms with E-state index in [1.54, 1.807) is 0 Å². The molecule has 4 nitrogen and oxygen atoms in total. The molecule has 0 aromatic heterocycles. The Kier molecular flexibility index (Phi) is 4.54. The highest BCUT2D eigenvalue weighted by Crippen LogP contribution is 2.32. The van der Waals surface area contributed by atoms with E-state index in [0.29, 0.717) is 24.1 Å². The average Bonchev–Trinajstić information content (AvgIpc) is 2.94. The molecule has 112 valence electrons. The fourth-order valence-corrected chi connectivity index (χ4v) is 3.64. The summed E-state index contributed by atoms with van der Waals surface area (Å²) < 4.78 is 5.65. The lowest BCUT2D eigenvalue weighted by molar-refractivity contribution is -0.0536. The van der Waals surface area contributed by atoms with E-state index in [1.807, 2.05) is 18.2 Å². The van der Waals surface area contributed by atoms with Gasteiger partial charge >= 0.3 is 0 Å². The predicted octanol–water partition coefficient (Wildman–Crippen LogP) is 1.92. The van der Waals surface area contributed by atoms with Crippen LogP contribution in [0.15, 0.2) is 24.3 Å². The van der Waals surface area contributed by atoms with E-state index in [4.69, 9.17) is 10.00 Å². The Bertz CT molecular complexity index is 526. The number of hydrogen-bond donors (Lipinski definition) is 1. The topological polar surface area (TPSA) is 56.5 Å². The second kappa shape index (κ2) is 6.57. The van der Waals surface area contributed by atoms with Crippen LogP contribution in [0.3, 0.4) is 0 Å². The van der Waals surface area contributed by atoms with Crippen LogP contribution in [0.1, 0.15) is 30.4 Å². The SMILES string of the molecule is N#Cc1cccc(CN2CCOC[C@@H]2[C@H]2CCC[C@@H]2O)c1. The number of aliphatic hydroxyl groups excluding tert-OH is 1. The molecule has 0 spiro atoms. The van der Waals surface area contributed by atoms with Gasteiger partial charge in [-0.3, -0.25) is 4.90 Å². The third-order valence-corrected chi connectivity index (χ3v) is 4.75. The second-order valence-electron chi connectivity index (χ2n) is 6.09. The summed E-state index contributed by atoms with van der Waals surface area (Å²) in [6.45, 7) is 3.17. The number of morpholine rings is 1. The van der Waals surface area contributed by atoms with Gasteiger partial charge in [-0.15, -0.1) is 0 Å². The normalized spacial score (nSPS) is 30.2. The summed E-state index contributed by atoms with van der Waals surface area (Å²) >= 11 is 0. The molecule has 3 atom stereocenters. The van der Waals surface area contributed by atoms with Gasteiger partial charge in [0.15, 0.2) is 0 Å². The van der Waals surface area contributed by atoms with Crippen molar-refractivity contribution in [3.05, 3.63) is 35.4 Å². The molecule has 1 aliphatic heterocycles. The first-order valence-electron chi connectivity index (χ1n) is 7.77. The number of rotatable bonds is 3. The molecule has 1 aromatic carbocycles. The average molecular weight is 286 g/mol. The Balaban J connectivity index is 1.73. The van der Waals surface area contributed by atoms with Crippen molar-refractivity contribution in [1.29, 1.82) is 5.26 Å². The lowest BCUT2D eigenvalue weighted by Gasteiger charge is -2.40. The fraction of sp³-hybridized carbons (Fsp3) is 0.588. The Morgan fingerprint density at radius 3 is 3.05 bits per heavy atom. The smallest absolute Gasteiger partial charge is 0.0991 e. The van der Waals surface area contributed by atoms with Crippen LogP contribution in [0.2, 0.25) is 0 Å². The van der Waals surface area contributed by atoms with Crippen LogP contribution in [0.5, 0.6) is 0 Å². The quantitative estimate of drug-likeness (QED) is 0.922. The molecular formula is C17H22N2O2. The van der Waals surface area contributed by atoms with Crippen LogP contribution in [-0.2, 0) is 11.3 Å². The first kappa shape index (κ1) is 14.5. The molecule has 0 unspecified atom stereocenters. The van der Waals surface area contributed by atoms with Gasteiger partial charge in [0.2, 0.25) is 0 Å². The fourth-order valence-electron chi connectivity index (χ4n) is 3.64. The molecule has 21 heavy (non-hydrogen) atoms. The van der Waals surface area contributed by atoms with Crippen LogP contribution >= 0.6 is 0 Å². The molecule has 1 saturated carbocycles. The zero-order valence-electron chi connectivity index (χ0n) is 12.2. The van der Waals surface area contributed by atoms with Gasteiger partial charge in [0.1, 0.15) is 0 Å². The first-order chi connectivity index (χ1) is 10.3. The first-order valence-corrected chi connectivity index (χ1v) is 7.77. The van der Waals surface area contributed by atoms with Crippen LogP contribution in [0.25, 0.3) is 0 Å². The highest BCUT2D eigenvalue weighted by molar-refractivity contribution is 5.32. The molecule has 2 aliphatic rings. The van der Waals surface area contributed by atoms with E-state index in [2.05, 4.69) is 17.0 Å². The maximum absolute atomic E-state index is 10.2. The van der Waals surface area contributed by atoms with Crippen molar-refractivity contribution in [2.24, 2.45) is 5.92 Å². The standard InChI is InChI=1S/C17H22N2O2/c18-10-13-3-1-4-14(9-13)11-19-7-8-21-12-16(19)15-5-2-6-17(15)20/h1,3-4,9,15-17,20H,2,5-8,11-12H2/t15-,16-,17+/m1/s1. The monoisotopic (exact) mass is 286 g/mol. The van der Waals surface area contributed by atoms with Crippen molar-refractivity contribution in [2.75, 3.05) is 19.8 Å². The number of ether oxygens (including phenoxy) is 1. The van der Waals surface area contributed by atoms with Gasteiger partial charge in [-0.25, -0.2) is 0 Å². The van der Waals surface area contributed by atoms with Gasteiger partial charge in [-0.1, -0.05) is 18.6 Å². The van der Waals surface area contributed by atoms with E-state index in [9.17, 15) is 5.11 Å². The van der Waals surface area contributed by atoms with Gasteiger partial charge in [0.05, 0.1) is 31.0 Å². The maximum atomic E-state index is 10.2. The summed E-state index contributed by atoms with van der Waals surface area (Å²) in [5, 5.41) is 19.2. The molecule has 1 saturated heterocycles. The number of benzene rings is 1. The molecule has 4 heteroatoms. The minimum atomic E-state index is -0.190. The minimum Gasteiger partial charge on any atom is -0.393 e. The number of nitrogens with zero attached hydrogens (tertiary/aromatic N) is 2. The summed E-state index contributed by atoms with van der Waals surface area (Å²) in [6.07, 6.45) is 2.92. The van der Waals surface area contributed by atoms with Crippen LogP contribution in [-0.4, -0.2) is 41.9 Å². The van der Waals surface area contributed by atoms with E-state index in [-0.39, 0.29) is 6.10 Å². The largest absolute Gasteiger partial charge is 0.393 e. The molecule has 0 radical (unpaired) electrons. The highest BCUT2D eigenvalue weighted by atomic mass is 16.5. The molecule has 0 amide bonds. The van der Waals surface area contributed by atoms with Gasteiger partial charge in [-0.2, -0.15) is 5.26 Å². The molecule has 1 aliphatic carbocycles. The number of hydrogen-bond acceptors (Lipinski definition) is 4. The zero-order valence-corrected chi connectivity index (χ0v) is 12.2. The number of nitriles is 1. The second-order valence-corrected chi connectivity index (χ2v) is 6.09. The summed E-state index contributed by atoms with van der Waals surface area (Å²) in [7, 11) is 0. The molecule has 1 heterocycles. The minimum absolute atomic E-state index is 0.190. The van der Waals surface area contributed by atoms with Crippen molar-refractivity contribution < 1.29 is 9.84 Å².